The number of amides is 3. The van der Waals surface area contributed by atoms with Gasteiger partial charge in [0, 0.05) is 28.3 Å². The standard InChI is InChI=1S/C25H23N3O5S/c26-24(32)17-9-11-18(12-10-17)28-25(33)23(16-5-2-1-3-6-16)34-20-8-4-7-19(15-20)27-21(29)13-14-22(30)31/h1-12,15,23H,13-14H2,(H2,26,32)(H,27,29)(H,28,33)(H,30,31). The van der Waals surface area contributed by atoms with Gasteiger partial charge < -0.3 is 21.5 Å². The van der Waals surface area contributed by atoms with E-state index < -0.39 is 23.0 Å². The number of hydrogen-bond acceptors (Lipinski definition) is 5. The minimum absolute atomic E-state index is 0.129. The summed E-state index contributed by atoms with van der Waals surface area (Å²) in [7, 11) is 0. The summed E-state index contributed by atoms with van der Waals surface area (Å²) in [6.45, 7) is 0. The van der Waals surface area contributed by atoms with Crippen LogP contribution in [0.2, 0.25) is 0 Å². The molecule has 0 fully saturated rings. The number of primary amides is 1. The Bertz CT molecular complexity index is 1180. The number of carbonyl (C=O) groups excluding carboxylic acids is 3. The Labute approximate surface area is 200 Å². The molecule has 1 atom stereocenters. The molecule has 0 saturated heterocycles. The average Bonchev–Trinajstić information content (AvgIpc) is 2.82. The molecule has 0 aliphatic carbocycles. The zero-order valence-corrected chi connectivity index (χ0v) is 18.9. The number of carbonyl (C=O) groups is 4. The van der Waals surface area contributed by atoms with E-state index >= 15 is 0 Å². The number of aliphatic carboxylic acids is 1. The van der Waals surface area contributed by atoms with Crippen molar-refractivity contribution in [3.8, 4) is 0 Å². The quantitative estimate of drug-likeness (QED) is 0.325. The Balaban J connectivity index is 1.76. The molecule has 0 spiro atoms. The van der Waals surface area contributed by atoms with Crippen LogP contribution in [0.25, 0.3) is 0 Å². The number of nitrogens with two attached hydrogens (primary N) is 1. The number of hydrogen-bond donors (Lipinski definition) is 4. The van der Waals surface area contributed by atoms with Gasteiger partial charge in [-0.2, -0.15) is 0 Å². The summed E-state index contributed by atoms with van der Waals surface area (Å²) in [6.07, 6.45) is -0.382. The van der Waals surface area contributed by atoms with Crippen LogP contribution in [-0.2, 0) is 14.4 Å². The van der Waals surface area contributed by atoms with E-state index in [1.165, 1.54) is 11.8 Å². The van der Waals surface area contributed by atoms with E-state index in [0.717, 1.165) is 10.5 Å². The van der Waals surface area contributed by atoms with Crippen molar-refractivity contribution in [2.75, 3.05) is 10.6 Å². The Morgan fingerprint density at radius 1 is 0.824 bits per heavy atom. The lowest BCUT2D eigenvalue weighted by atomic mass is 10.1. The summed E-state index contributed by atoms with van der Waals surface area (Å²) in [5, 5.41) is 13.7. The molecule has 3 aromatic carbocycles. The largest absolute Gasteiger partial charge is 0.481 e. The number of thioether (sulfide) groups is 1. The van der Waals surface area contributed by atoms with Crippen molar-refractivity contribution in [1.82, 2.24) is 0 Å². The summed E-state index contributed by atoms with van der Waals surface area (Å²) < 4.78 is 0. The van der Waals surface area contributed by atoms with Crippen LogP contribution >= 0.6 is 11.8 Å². The third-order valence-electron chi connectivity index (χ3n) is 4.72. The van der Waals surface area contributed by atoms with E-state index in [2.05, 4.69) is 10.6 Å². The van der Waals surface area contributed by atoms with Crippen LogP contribution in [0.3, 0.4) is 0 Å². The highest BCUT2D eigenvalue weighted by atomic mass is 32.2. The third-order valence-corrected chi connectivity index (χ3v) is 5.96. The van der Waals surface area contributed by atoms with Crippen LogP contribution in [0.5, 0.6) is 0 Å². The molecule has 5 N–H and O–H groups in total. The van der Waals surface area contributed by atoms with E-state index in [1.54, 1.807) is 42.5 Å². The Morgan fingerprint density at radius 3 is 2.18 bits per heavy atom. The third kappa shape index (κ3) is 7.21. The highest BCUT2D eigenvalue weighted by molar-refractivity contribution is 8.00. The molecule has 0 aliphatic heterocycles. The van der Waals surface area contributed by atoms with Gasteiger partial charge in [-0.1, -0.05) is 36.4 Å². The molecule has 3 aromatic rings. The average molecular weight is 478 g/mol. The number of benzene rings is 3. The van der Waals surface area contributed by atoms with E-state index in [4.69, 9.17) is 10.8 Å². The summed E-state index contributed by atoms with van der Waals surface area (Å²) in [6, 6.07) is 22.5. The predicted molar refractivity (Wildman–Crippen MR) is 131 cm³/mol. The number of nitrogens with one attached hydrogen (secondary N) is 2. The van der Waals surface area contributed by atoms with Gasteiger partial charge in [0.2, 0.25) is 17.7 Å². The molecule has 0 saturated carbocycles. The normalized spacial score (nSPS) is 11.3. The fraction of sp³-hybridized carbons (Fsp3) is 0.120. The van der Waals surface area contributed by atoms with Crippen molar-refractivity contribution >= 4 is 46.8 Å². The molecule has 0 aromatic heterocycles. The Morgan fingerprint density at radius 2 is 1.53 bits per heavy atom. The van der Waals surface area contributed by atoms with Crippen molar-refractivity contribution in [3.63, 3.8) is 0 Å². The number of rotatable bonds is 10. The molecule has 3 rings (SSSR count). The van der Waals surface area contributed by atoms with Crippen LogP contribution in [0.15, 0.2) is 83.8 Å². The molecule has 0 radical (unpaired) electrons. The fourth-order valence-electron chi connectivity index (χ4n) is 3.05. The van der Waals surface area contributed by atoms with Crippen molar-refractivity contribution in [2.45, 2.75) is 23.0 Å². The van der Waals surface area contributed by atoms with Crippen molar-refractivity contribution in [2.24, 2.45) is 5.73 Å². The lowest BCUT2D eigenvalue weighted by Crippen LogP contribution is -2.19. The molecular formula is C25H23N3O5S. The lowest BCUT2D eigenvalue weighted by Gasteiger charge is -2.18. The first-order chi connectivity index (χ1) is 16.3. The van der Waals surface area contributed by atoms with Crippen LogP contribution in [0.1, 0.15) is 34.0 Å². The first-order valence-electron chi connectivity index (χ1n) is 10.4. The molecule has 8 nitrogen and oxygen atoms in total. The van der Waals surface area contributed by atoms with E-state index in [0.29, 0.717) is 16.9 Å². The van der Waals surface area contributed by atoms with Crippen molar-refractivity contribution in [3.05, 3.63) is 90.0 Å². The summed E-state index contributed by atoms with van der Waals surface area (Å²) in [5.41, 5.74) is 7.43. The molecular weight excluding hydrogens is 454 g/mol. The van der Waals surface area contributed by atoms with Gasteiger partial charge in [-0.05, 0) is 48.0 Å². The molecule has 9 heteroatoms. The van der Waals surface area contributed by atoms with E-state index in [9.17, 15) is 19.2 Å². The first kappa shape index (κ1) is 24.5. The van der Waals surface area contributed by atoms with Crippen LogP contribution in [0.4, 0.5) is 11.4 Å². The SMILES string of the molecule is NC(=O)c1ccc(NC(=O)C(Sc2cccc(NC(=O)CCC(=O)O)c2)c2ccccc2)cc1. The van der Waals surface area contributed by atoms with Gasteiger partial charge in [0.05, 0.1) is 6.42 Å². The molecule has 174 valence electrons. The second-order valence-corrected chi connectivity index (χ2v) is 8.49. The first-order valence-corrected chi connectivity index (χ1v) is 11.2. The number of anilines is 2. The van der Waals surface area contributed by atoms with Crippen LogP contribution in [0, 0.1) is 0 Å². The maximum atomic E-state index is 13.2. The zero-order valence-electron chi connectivity index (χ0n) is 18.1. The topological polar surface area (TPSA) is 139 Å². The van der Waals surface area contributed by atoms with E-state index in [1.807, 2.05) is 36.4 Å². The summed E-state index contributed by atoms with van der Waals surface area (Å²) >= 11 is 1.31. The van der Waals surface area contributed by atoms with Gasteiger partial charge >= 0.3 is 5.97 Å². The summed E-state index contributed by atoms with van der Waals surface area (Å²) in [4.78, 5) is 47.9. The van der Waals surface area contributed by atoms with Gasteiger partial charge in [0.1, 0.15) is 5.25 Å². The van der Waals surface area contributed by atoms with Gasteiger partial charge in [-0.25, -0.2) is 0 Å². The zero-order chi connectivity index (χ0) is 24.5. The lowest BCUT2D eigenvalue weighted by molar-refractivity contribution is -0.138. The van der Waals surface area contributed by atoms with Gasteiger partial charge in [-0.3, -0.25) is 19.2 Å². The second kappa shape index (κ2) is 11.7. The van der Waals surface area contributed by atoms with Gasteiger partial charge in [0.25, 0.3) is 0 Å². The highest BCUT2D eigenvalue weighted by Gasteiger charge is 2.22. The molecule has 34 heavy (non-hydrogen) atoms. The monoisotopic (exact) mass is 477 g/mol. The van der Waals surface area contributed by atoms with Crippen molar-refractivity contribution < 1.29 is 24.3 Å². The van der Waals surface area contributed by atoms with Crippen LogP contribution in [-0.4, -0.2) is 28.8 Å². The Kier molecular flexibility index (Phi) is 8.42. The number of carboxylic acids is 1. The minimum atomic E-state index is -1.04. The van der Waals surface area contributed by atoms with Crippen LogP contribution < -0.4 is 16.4 Å². The van der Waals surface area contributed by atoms with Gasteiger partial charge in [0.15, 0.2) is 0 Å². The van der Waals surface area contributed by atoms with Gasteiger partial charge in [-0.15, -0.1) is 11.8 Å². The minimum Gasteiger partial charge on any atom is -0.481 e. The maximum Gasteiger partial charge on any atom is 0.303 e. The van der Waals surface area contributed by atoms with Crippen molar-refractivity contribution in [1.29, 1.82) is 0 Å². The highest BCUT2D eigenvalue weighted by Crippen LogP contribution is 2.37. The molecule has 3 amide bonds. The summed E-state index contributed by atoms with van der Waals surface area (Å²) in [5.74, 6) is -2.26. The smallest absolute Gasteiger partial charge is 0.303 e. The molecule has 0 heterocycles. The molecule has 1 unspecified atom stereocenters. The Hall–Kier alpha value is -4.11. The van der Waals surface area contributed by atoms with E-state index in [-0.39, 0.29) is 18.7 Å². The fourth-order valence-corrected chi connectivity index (χ4v) is 4.14. The predicted octanol–water partition coefficient (Wildman–Crippen LogP) is 4.06. The molecule has 0 bridgehead atoms. The maximum absolute atomic E-state index is 13.2. The second-order valence-electron chi connectivity index (χ2n) is 7.31. The number of carboxylic acid groups (broad SMARTS) is 1. The molecule has 0 aliphatic rings.